The Hall–Kier alpha value is -2.34. The summed E-state index contributed by atoms with van der Waals surface area (Å²) >= 11 is 0. The van der Waals surface area contributed by atoms with Crippen LogP contribution in [0.15, 0.2) is 35.0 Å². The number of rotatable bonds is 4. The molecule has 1 saturated heterocycles. The number of nitrogens with zero attached hydrogens (tertiary/aromatic N) is 4. The molecule has 1 atom stereocenters. The maximum atomic E-state index is 14.0. The lowest BCUT2D eigenvalue weighted by atomic mass is 10.1. The molecule has 3 heterocycles. The monoisotopic (exact) mass is 338 g/mol. The molecule has 2 aliphatic rings. The molecule has 2 fully saturated rings. The zero-order valence-corrected chi connectivity index (χ0v) is 13.9. The summed E-state index contributed by atoms with van der Waals surface area (Å²) < 4.78 is 19.5. The largest absolute Gasteiger partial charge is 0.339 e. The van der Waals surface area contributed by atoms with E-state index in [9.17, 15) is 4.39 Å². The number of halogens is 1. The molecule has 0 bridgehead atoms. The van der Waals surface area contributed by atoms with E-state index in [0.29, 0.717) is 17.8 Å². The fourth-order valence-corrected chi connectivity index (χ4v) is 3.73. The average Bonchev–Trinajstić information content (AvgIpc) is 3.19. The van der Waals surface area contributed by atoms with Gasteiger partial charge in [0.2, 0.25) is 5.89 Å². The number of benzene rings is 1. The molecule has 1 aliphatic carbocycles. The van der Waals surface area contributed by atoms with Crippen molar-refractivity contribution in [2.75, 3.05) is 6.54 Å². The molecule has 5 nitrogen and oxygen atoms in total. The van der Waals surface area contributed by atoms with Crippen molar-refractivity contribution in [3.63, 3.8) is 0 Å². The molecule has 2 aromatic heterocycles. The fourth-order valence-electron chi connectivity index (χ4n) is 3.73. The van der Waals surface area contributed by atoms with Gasteiger partial charge in [-0.2, -0.15) is 4.98 Å². The lowest BCUT2D eigenvalue weighted by molar-refractivity contribution is 0.234. The Bertz CT molecular complexity index is 921. The van der Waals surface area contributed by atoms with Gasteiger partial charge < -0.3 is 4.52 Å². The van der Waals surface area contributed by atoms with Crippen LogP contribution in [0.3, 0.4) is 0 Å². The third-order valence-electron chi connectivity index (χ3n) is 5.22. The second-order valence-corrected chi connectivity index (χ2v) is 7.00. The molecule has 0 N–H and O–H groups in total. The maximum absolute atomic E-state index is 14.0. The molecule has 0 radical (unpaired) electrons. The van der Waals surface area contributed by atoms with Gasteiger partial charge in [0.05, 0.1) is 11.6 Å². The lowest BCUT2D eigenvalue weighted by Crippen LogP contribution is -2.24. The summed E-state index contributed by atoms with van der Waals surface area (Å²) in [4.78, 5) is 11.4. The third-order valence-corrected chi connectivity index (χ3v) is 5.22. The summed E-state index contributed by atoms with van der Waals surface area (Å²) in [5.41, 5.74) is 1.77. The molecule has 6 heteroatoms. The summed E-state index contributed by atoms with van der Waals surface area (Å²) in [5.74, 6) is 1.83. The number of likely N-dealkylation sites (tertiary alicyclic amines) is 1. The number of fused-ring (bicyclic) bond motifs is 1. The van der Waals surface area contributed by atoms with Crippen molar-refractivity contribution in [2.24, 2.45) is 0 Å². The Labute approximate surface area is 144 Å². The van der Waals surface area contributed by atoms with Gasteiger partial charge in [0, 0.05) is 24.0 Å². The first-order valence-electron chi connectivity index (χ1n) is 8.89. The van der Waals surface area contributed by atoms with Crippen molar-refractivity contribution < 1.29 is 8.91 Å². The Morgan fingerprint density at radius 2 is 2.12 bits per heavy atom. The molecule has 1 aromatic carbocycles. The van der Waals surface area contributed by atoms with E-state index >= 15 is 0 Å². The summed E-state index contributed by atoms with van der Waals surface area (Å²) in [6, 6.07) is 7.09. The normalized spacial score (nSPS) is 21.2. The quantitative estimate of drug-likeness (QED) is 0.720. The minimum Gasteiger partial charge on any atom is -0.339 e. The highest BCUT2D eigenvalue weighted by Crippen LogP contribution is 2.40. The van der Waals surface area contributed by atoms with Crippen LogP contribution in [0.25, 0.3) is 10.9 Å². The standard InChI is InChI=1S/C19H19FN4O/c20-15-8-7-13(17-14(15)3-1-9-21-17)11-24-10-2-4-16(24)18-22-19(25-23-18)12-5-6-12/h1,3,7-9,12,16H,2,4-6,10-11H2/t16-/m1/s1. The van der Waals surface area contributed by atoms with Crippen LogP contribution in [0, 0.1) is 5.82 Å². The highest BCUT2D eigenvalue weighted by atomic mass is 19.1. The van der Waals surface area contributed by atoms with Crippen molar-refractivity contribution >= 4 is 10.9 Å². The number of hydrogen-bond acceptors (Lipinski definition) is 5. The fraction of sp³-hybridized carbons (Fsp3) is 0.421. The van der Waals surface area contributed by atoms with Crippen LogP contribution in [0.1, 0.15) is 54.9 Å². The molecule has 1 aliphatic heterocycles. The van der Waals surface area contributed by atoms with Crippen LogP contribution >= 0.6 is 0 Å². The number of pyridine rings is 1. The van der Waals surface area contributed by atoms with Crippen LogP contribution in [-0.4, -0.2) is 26.6 Å². The molecule has 3 aromatic rings. The average molecular weight is 338 g/mol. The van der Waals surface area contributed by atoms with E-state index in [2.05, 4.69) is 20.0 Å². The summed E-state index contributed by atoms with van der Waals surface area (Å²) in [7, 11) is 0. The maximum Gasteiger partial charge on any atom is 0.229 e. The van der Waals surface area contributed by atoms with Gasteiger partial charge in [-0.15, -0.1) is 0 Å². The molecule has 0 unspecified atom stereocenters. The Kier molecular flexibility index (Phi) is 3.52. The molecule has 0 spiro atoms. The van der Waals surface area contributed by atoms with E-state index in [0.717, 1.165) is 55.0 Å². The summed E-state index contributed by atoms with van der Waals surface area (Å²) in [6.45, 7) is 1.69. The highest BCUT2D eigenvalue weighted by Gasteiger charge is 2.34. The van der Waals surface area contributed by atoms with Crippen molar-refractivity contribution in [1.82, 2.24) is 20.0 Å². The minimum atomic E-state index is -0.225. The van der Waals surface area contributed by atoms with Crippen LogP contribution in [-0.2, 0) is 6.54 Å². The molecule has 1 saturated carbocycles. The zero-order valence-electron chi connectivity index (χ0n) is 13.9. The molecule has 128 valence electrons. The summed E-state index contributed by atoms with van der Waals surface area (Å²) in [6.07, 6.45) is 6.15. The van der Waals surface area contributed by atoms with E-state index in [1.54, 1.807) is 18.3 Å². The predicted octanol–water partition coefficient (Wildman–Crippen LogP) is 3.97. The van der Waals surface area contributed by atoms with Crippen LogP contribution < -0.4 is 0 Å². The van der Waals surface area contributed by atoms with Gasteiger partial charge in [0.1, 0.15) is 5.82 Å². The van der Waals surface area contributed by atoms with Gasteiger partial charge >= 0.3 is 0 Å². The van der Waals surface area contributed by atoms with Crippen molar-refractivity contribution in [1.29, 1.82) is 0 Å². The first-order valence-corrected chi connectivity index (χ1v) is 8.89. The minimum absolute atomic E-state index is 0.167. The molecular weight excluding hydrogens is 319 g/mol. The smallest absolute Gasteiger partial charge is 0.229 e. The molecule has 0 amide bonds. The Balaban J connectivity index is 1.43. The van der Waals surface area contributed by atoms with E-state index in [-0.39, 0.29) is 11.9 Å². The Morgan fingerprint density at radius 1 is 1.20 bits per heavy atom. The van der Waals surface area contributed by atoms with Crippen molar-refractivity contribution in [2.45, 2.75) is 44.2 Å². The Morgan fingerprint density at radius 3 is 3.00 bits per heavy atom. The van der Waals surface area contributed by atoms with Gasteiger partial charge in [0.15, 0.2) is 5.82 Å². The van der Waals surface area contributed by atoms with Crippen LogP contribution in [0.2, 0.25) is 0 Å². The van der Waals surface area contributed by atoms with Gasteiger partial charge in [-0.05, 0) is 56.0 Å². The van der Waals surface area contributed by atoms with Gasteiger partial charge in [-0.25, -0.2) is 4.39 Å². The van der Waals surface area contributed by atoms with Gasteiger partial charge in [0.25, 0.3) is 0 Å². The number of aromatic nitrogens is 3. The van der Waals surface area contributed by atoms with Crippen LogP contribution in [0.4, 0.5) is 4.39 Å². The topological polar surface area (TPSA) is 55.1 Å². The summed E-state index contributed by atoms with van der Waals surface area (Å²) in [5, 5.41) is 4.80. The highest BCUT2D eigenvalue weighted by molar-refractivity contribution is 5.82. The SMILES string of the molecule is Fc1ccc(CN2CCC[C@@H]2c2noc(C3CC3)n2)c2ncccc12. The molecule has 25 heavy (non-hydrogen) atoms. The van der Waals surface area contributed by atoms with E-state index in [4.69, 9.17) is 4.52 Å². The first kappa shape index (κ1) is 15.0. The first-order chi connectivity index (χ1) is 12.3. The lowest BCUT2D eigenvalue weighted by Gasteiger charge is -2.22. The number of hydrogen-bond donors (Lipinski definition) is 0. The predicted molar refractivity (Wildman–Crippen MR) is 90.4 cm³/mol. The second kappa shape index (κ2) is 5.88. The van der Waals surface area contributed by atoms with Crippen molar-refractivity contribution in [3.8, 4) is 0 Å². The van der Waals surface area contributed by atoms with Crippen LogP contribution in [0.5, 0.6) is 0 Å². The molecular formula is C19H19FN4O. The van der Waals surface area contributed by atoms with Crippen molar-refractivity contribution in [3.05, 3.63) is 53.6 Å². The van der Waals surface area contributed by atoms with E-state index < -0.39 is 0 Å². The zero-order chi connectivity index (χ0) is 16.8. The van der Waals surface area contributed by atoms with E-state index in [1.807, 2.05) is 6.07 Å². The third kappa shape index (κ3) is 2.70. The van der Waals surface area contributed by atoms with E-state index in [1.165, 1.54) is 6.07 Å². The second-order valence-electron chi connectivity index (χ2n) is 7.00. The van der Waals surface area contributed by atoms with Gasteiger partial charge in [-0.1, -0.05) is 11.2 Å². The van der Waals surface area contributed by atoms with Gasteiger partial charge in [-0.3, -0.25) is 9.88 Å². The molecule has 5 rings (SSSR count).